The summed E-state index contributed by atoms with van der Waals surface area (Å²) in [7, 11) is 0. The van der Waals surface area contributed by atoms with Crippen molar-refractivity contribution >= 4 is 16.8 Å². The van der Waals surface area contributed by atoms with Crippen LogP contribution in [0.5, 0.6) is 5.75 Å². The van der Waals surface area contributed by atoms with Crippen molar-refractivity contribution in [2.45, 2.75) is 25.2 Å². The molecule has 1 aromatic carbocycles. The van der Waals surface area contributed by atoms with Gasteiger partial charge in [0.25, 0.3) is 5.91 Å². The Morgan fingerprint density at radius 3 is 2.96 bits per heavy atom. The number of aromatic nitrogens is 1. The third kappa shape index (κ3) is 3.65. The number of hydrogen-bond acceptors (Lipinski definition) is 6. The van der Waals surface area contributed by atoms with Gasteiger partial charge in [-0.2, -0.15) is 0 Å². The first-order valence-corrected chi connectivity index (χ1v) is 8.82. The van der Waals surface area contributed by atoms with Crippen molar-refractivity contribution in [1.29, 1.82) is 0 Å². The fourth-order valence-corrected chi connectivity index (χ4v) is 3.26. The Balaban J connectivity index is 1.41. The van der Waals surface area contributed by atoms with E-state index in [2.05, 4.69) is 4.98 Å². The summed E-state index contributed by atoms with van der Waals surface area (Å²) in [6.07, 6.45) is 1.01. The Kier molecular flexibility index (Phi) is 4.79. The lowest BCUT2D eigenvalue weighted by Crippen LogP contribution is -2.50. The molecule has 0 unspecified atom stereocenters. The number of fused-ring (bicyclic) bond motifs is 1. The molecule has 2 atom stereocenters. The fourth-order valence-electron chi connectivity index (χ4n) is 3.26. The van der Waals surface area contributed by atoms with E-state index in [9.17, 15) is 9.90 Å². The number of carbonyl (C=O) groups is 1. The standard InChI is InChI=1S/C20H20N2O5/c23-12-15-5-6-19(27-15)20(25)22-9-7-18(17(24)11-22)26-14-4-3-13-2-1-8-21-16(13)10-14/h1-6,8,10,17-18,23-24H,7,9,11-12H2/t17-,18-/m1/s1. The van der Waals surface area contributed by atoms with Crippen LogP contribution < -0.4 is 4.74 Å². The molecule has 0 radical (unpaired) electrons. The van der Waals surface area contributed by atoms with Crippen LogP contribution in [-0.4, -0.2) is 51.3 Å². The highest BCUT2D eigenvalue weighted by atomic mass is 16.5. The number of rotatable bonds is 4. The fraction of sp³-hybridized carbons (Fsp3) is 0.300. The molecule has 1 aliphatic rings. The van der Waals surface area contributed by atoms with Crippen LogP contribution in [-0.2, 0) is 6.61 Å². The number of carbonyl (C=O) groups excluding carboxylic acids is 1. The monoisotopic (exact) mass is 368 g/mol. The minimum absolute atomic E-state index is 0.157. The van der Waals surface area contributed by atoms with Gasteiger partial charge in [-0.15, -0.1) is 0 Å². The average Bonchev–Trinajstić information content (AvgIpc) is 3.18. The van der Waals surface area contributed by atoms with Crippen molar-refractivity contribution in [3.8, 4) is 5.75 Å². The smallest absolute Gasteiger partial charge is 0.289 e. The van der Waals surface area contributed by atoms with E-state index in [4.69, 9.17) is 14.3 Å². The molecule has 1 amide bonds. The summed E-state index contributed by atoms with van der Waals surface area (Å²) in [6.45, 7) is 0.346. The number of amides is 1. The van der Waals surface area contributed by atoms with Gasteiger partial charge in [-0.25, -0.2) is 0 Å². The van der Waals surface area contributed by atoms with Crippen LogP contribution >= 0.6 is 0 Å². The highest BCUT2D eigenvalue weighted by Crippen LogP contribution is 2.24. The van der Waals surface area contributed by atoms with Gasteiger partial charge in [0.15, 0.2) is 5.76 Å². The lowest BCUT2D eigenvalue weighted by molar-refractivity contribution is -0.0206. The maximum atomic E-state index is 12.5. The molecule has 3 aromatic rings. The van der Waals surface area contributed by atoms with Gasteiger partial charge >= 0.3 is 0 Å². The Labute approximate surface area is 155 Å². The summed E-state index contributed by atoms with van der Waals surface area (Å²) in [6, 6.07) is 12.6. The lowest BCUT2D eigenvalue weighted by Gasteiger charge is -2.35. The Hall–Kier alpha value is -2.90. The first-order chi connectivity index (χ1) is 13.1. The zero-order valence-corrected chi connectivity index (χ0v) is 14.6. The highest BCUT2D eigenvalue weighted by molar-refractivity contribution is 5.91. The van der Waals surface area contributed by atoms with Gasteiger partial charge in [-0.3, -0.25) is 9.78 Å². The maximum absolute atomic E-state index is 12.5. The number of pyridine rings is 1. The van der Waals surface area contributed by atoms with Gasteiger partial charge in [0.05, 0.1) is 12.1 Å². The minimum atomic E-state index is -0.811. The van der Waals surface area contributed by atoms with E-state index < -0.39 is 12.2 Å². The van der Waals surface area contributed by atoms with Gasteiger partial charge in [0, 0.05) is 30.6 Å². The normalized spacial score (nSPS) is 20.0. The Morgan fingerprint density at radius 1 is 1.30 bits per heavy atom. The van der Waals surface area contributed by atoms with Crippen LogP contribution in [0.15, 0.2) is 53.1 Å². The number of piperidine rings is 1. The maximum Gasteiger partial charge on any atom is 0.289 e. The molecule has 3 heterocycles. The minimum Gasteiger partial charge on any atom is -0.488 e. The van der Waals surface area contributed by atoms with E-state index in [-0.39, 0.29) is 24.8 Å². The lowest BCUT2D eigenvalue weighted by atomic mass is 10.0. The summed E-state index contributed by atoms with van der Waals surface area (Å²) in [5.41, 5.74) is 0.828. The molecule has 7 nitrogen and oxygen atoms in total. The van der Waals surface area contributed by atoms with Crippen molar-refractivity contribution in [3.63, 3.8) is 0 Å². The molecule has 0 bridgehead atoms. The predicted octanol–water partition coefficient (Wildman–Crippen LogP) is 1.97. The molecular weight excluding hydrogens is 348 g/mol. The van der Waals surface area contributed by atoms with Crippen LogP contribution in [0.2, 0.25) is 0 Å². The number of furan rings is 1. The third-order valence-electron chi connectivity index (χ3n) is 4.70. The average molecular weight is 368 g/mol. The number of aliphatic hydroxyl groups excluding tert-OH is 2. The molecule has 1 aliphatic heterocycles. The molecule has 4 rings (SSSR count). The molecule has 27 heavy (non-hydrogen) atoms. The number of nitrogens with zero attached hydrogens (tertiary/aromatic N) is 2. The largest absolute Gasteiger partial charge is 0.488 e. The van der Waals surface area contributed by atoms with Gasteiger partial charge in [-0.1, -0.05) is 6.07 Å². The molecule has 2 aromatic heterocycles. The number of aliphatic hydroxyl groups is 2. The van der Waals surface area contributed by atoms with Crippen molar-refractivity contribution < 1.29 is 24.2 Å². The molecule has 0 spiro atoms. The molecule has 1 fully saturated rings. The van der Waals surface area contributed by atoms with Crippen LogP contribution in [0.25, 0.3) is 10.9 Å². The number of likely N-dealkylation sites (tertiary alicyclic amines) is 1. The summed E-state index contributed by atoms with van der Waals surface area (Å²) >= 11 is 0. The van der Waals surface area contributed by atoms with Gasteiger partial charge in [0.2, 0.25) is 0 Å². The van der Waals surface area contributed by atoms with Crippen molar-refractivity contribution in [3.05, 3.63) is 60.2 Å². The number of ether oxygens (including phenoxy) is 1. The second kappa shape index (κ2) is 7.38. The van der Waals surface area contributed by atoms with Crippen molar-refractivity contribution in [1.82, 2.24) is 9.88 Å². The summed E-state index contributed by atoms with van der Waals surface area (Å²) in [5, 5.41) is 20.5. The van der Waals surface area contributed by atoms with Crippen LogP contribution in [0, 0.1) is 0 Å². The molecular formula is C20H20N2O5. The quantitative estimate of drug-likeness (QED) is 0.731. The zero-order chi connectivity index (χ0) is 18.8. The van der Waals surface area contributed by atoms with E-state index >= 15 is 0 Å². The van der Waals surface area contributed by atoms with Gasteiger partial charge in [0.1, 0.15) is 30.3 Å². The van der Waals surface area contributed by atoms with E-state index in [1.165, 1.54) is 11.0 Å². The first-order valence-electron chi connectivity index (χ1n) is 8.82. The molecule has 2 N–H and O–H groups in total. The molecule has 0 aliphatic carbocycles. The van der Waals surface area contributed by atoms with E-state index in [1.54, 1.807) is 12.3 Å². The van der Waals surface area contributed by atoms with Crippen molar-refractivity contribution in [2.75, 3.05) is 13.1 Å². The molecule has 1 saturated heterocycles. The number of β-amino-alcohol motifs (C(OH)–C–C–N with tert-alkyl or cyclic N) is 1. The Bertz CT molecular complexity index is 954. The zero-order valence-electron chi connectivity index (χ0n) is 14.6. The topological polar surface area (TPSA) is 96.0 Å². The highest BCUT2D eigenvalue weighted by Gasteiger charge is 2.33. The number of hydrogen-bond donors (Lipinski definition) is 2. The second-order valence-corrected chi connectivity index (χ2v) is 6.55. The van der Waals surface area contributed by atoms with E-state index in [1.807, 2.05) is 30.3 Å². The van der Waals surface area contributed by atoms with Crippen molar-refractivity contribution in [2.24, 2.45) is 0 Å². The molecule has 140 valence electrons. The van der Waals surface area contributed by atoms with Gasteiger partial charge in [-0.05, 0) is 30.3 Å². The predicted molar refractivity (Wildman–Crippen MR) is 97.3 cm³/mol. The van der Waals surface area contributed by atoms with Crippen LogP contribution in [0.3, 0.4) is 0 Å². The molecule has 0 saturated carbocycles. The second-order valence-electron chi connectivity index (χ2n) is 6.55. The summed E-state index contributed by atoms with van der Waals surface area (Å²) < 4.78 is 11.2. The SMILES string of the molecule is O=C(c1ccc(CO)o1)N1CC[C@@H](Oc2ccc3cccnc3c2)[C@H](O)C1. The van der Waals surface area contributed by atoms with Gasteiger partial charge < -0.3 is 24.3 Å². The van der Waals surface area contributed by atoms with E-state index in [0.29, 0.717) is 24.5 Å². The van der Waals surface area contributed by atoms with E-state index in [0.717, 1.165) is 10.9 Å². The van der Waals surface area contributed by atoms with Crippen LogP contribution in [0.4, 0.5) is 0 Å². The number of benzene rings is 1. The Morgan fingerprint density at radius 2 is 2.19 bits per heavy atom. The van der Waals surface area contributed by atoms with Crippen LogP contribution in [0.1, 0.15) is 22.7 Å². The molecule has 7 heteroatoms. The summed E-state index contributed by atoms with van der Waals surface area (Å²) in [4.78, 5) is 18.3. The third-order valence-corrected chi connectivity index (χ3v) is 4.70. The first kappa shape index (κ1) is 17.5. The summed E-state index contributed by atoms with van der Waals surface area (Å²) in [5.74, 6) is 0.832.